The lowest BCUT2D eigenvalue weighted by molar-refractivity contribution is 0.295. The molecule has 1 rings (SSSR count). The molecule has 0 heterocycles. The Morgan fingerprint density at radius 3 is 2.50 bits per heavy atom. The summed E-state index contributed by atoms with van der Waals surface area (Å²) >= 11 is 0. The summed E-state index contributed by atoms with van der Waals surface area (Å²) in [5, 5.41) is 8.55. The fourth-order valence-corrected chi connectivity index (χ4v) is 3.35. The van der Waals surface area contributed by atoms with Crippen LogP contribution in [-0.4, -0.2) is 32.4 Å². The van der Waals surface area contributed by atoms with Crippen LogP contribution >= 0.6 is 0 Å². The van der Waals surface area contributed by atoms with Gasteiger partial charge in [-0.25, -0.2) is 13.1 Å². The Kier molecular flexibility index (Phi) is 6.31. The van der Waals surface area contributed by atoms with Crippen LogP contribution in [0.2, 0.25) is 0 Å². The molecule has 2 N–H and O–H groups in total. The molecule has 0 aromatic rings. The normalized spacial score (nSPS) is 18.1. The van der Waals surface area contributed by atoms with E-state index < -0.39 is 10.0 Å². The highest BCUT2D eigenvalue weighted by atomic mass is 32.2. The van der Waals surface area contributed by atoms with Gasteiger partial charge in [-0.15, -0.1) is 0 Å². The maximum atomic E-state index is 11.4. The fourth-order valence-electron chi connectivity index (χ4n) is 2.24. The first-order valence-corrected chi connectivity index (χ1v) is 7.87. The van der Waals surface area contributed by atoms with Crippen molar-refractivity contribution >= 4 is 10.0 Å². The predicted octanol–water partition coefficient (Wildman–Crippen LogP) is 1.26. The smallest absolute Gasteiger partial charge is 0.211 e. The van der Waals surface area contributed by atoms with E-state index in [1.165, 1.54) is 25.7 Å². The summed E-state index contributed by atoms with van der Waals surface area (Å²) in [6.07, 6.45) is 7.71. The Hall–Kier alpha value is -0.130. The van der Waals surface area contributed by atoms with Crippen LogP contribution in [0.15, 0.2) is 0 Å². The number of sulfonamides is 1. The van der Waals surface area contributed by atoms with Crippen LogP contribution in [0.3, 0.4) is 0 Å². The van der Waals surface area contributed by atoms with Crippen molar-refractivity contribution in [3.63, 3.8) is 0 Å². The topological polar surface area (TPSA) is 66.4 Å². The second-order valence-corrected chi connectivity index (χ2v) is 6.51. The van der Waals surface area contributed by atoms with Gasteiger partial charge in [0.25, 0.3) is 0 Å². The average Bonchev–Trinajstić information content (AvgIpc) is 2.75. The van der Waals surface area contributed by atoms with Gasteiger partial charge in [-0.1, -0.05) is 25.7 Å². The lowest BCUT2D eigenvalue weighted by Gasteiger charge is -2.09. The molecule has 5 heteroatoms. The van der Waals surface area contributed by atoms with E-state index in [9.17, 15) is 8.42 Å². The molecule has 96 valence electrons. The SMILES string of the molecule is O=S(=O)(CCCO)NCCCC1CCCC1. The molecular weight excluding hydrogens is 226 g/mol. The van der Waals surface area contributed by atoms with Crippen molar-refractivity contribution in [2.75, 3.05) is 18.9 Å². The first kappa shape index (κ1) is 13.9. The summed E-state index contributed by atoms with van der Waals surface area (Å²) < 4.78 is 25.3. The van der Waals surface area contributed by atoms with Gasteiger partial charge in [0.05, 0.1) is 5.75 Å². The first-order chi connectivity index (χ1) is 7.64. The lowest BCUT2D eigenvalue weighted by Crippen LogP contribution is -2.28. The molecule has 1 aliphatic rings. The van der Waals surface area contributed by atoms with Gasteiger partial charge >= 0.3 is 0 Å². The maximum absolute atomic E-state index is 11.4. The van der Waals surface area contributed by atoms with E-state index in [4.69, 9.17) is 5.11 Å². The summed E-state index contributed by atoms with van der Waals surface area (Å²) in [6, 6.07) is 0. The van der Waals surface area contributed by atoms with Crippen molar-refractivity contribution in [2.24, 2.45) is 5.92 Å². The molecule has 0 saturated heterocycles. The molecule has 0 atom stereocenters. The molecule has 0 amide bonds. The van der Waals surface area contributed by atoms with Crippen molar-refractivity contribution in [2.45, 2.75) is 44.9 Å². The predicted molar refractivity (Wildman–Crippen MR) is 64.7 cm³/mol. The van der Waals surface area contributed by atoms with E-state index in [-0.39, 0.29) is 12.4 Å². The number of hydrogen-bond donors (Lipinski definition) is 2. The molecule has 0 bridgehead atoms. The minimum atomic E-state index is -3.15. The Labute approximate surface area is 98.5 Å². The van der Waals surface area contributed by atoms with Gasteiger partial charge < -0.3 is 5.11 Å². The molecule has 0 spiro atoms. The van der Waals surface area contributed by atoms with Gasteiger partial charge in [-0.2, -0.15) is 0 Å². The zero-order valence-electron chi connectivity index (χ0n) is 9.82. The minimum Gasteiger partial charge on any atom is -0.396 e. The lowest BCUT2D eigenvalue weighted by atomic mass is 10.0. The molecule has 16 heavy (non-hydrogen) atoms. The Morgan fingerprint density at radius 1 is 1.19 bits per heavy atom. The molecule has 1 fully saturated rings. The summed E-state index contributed by atoms with van der Waals surface area (Å²) in [6.45, 7) is 0.479. The Morgan fingerprint density at radius 2 is 1.88 bits per heavy atom. The molecular formula is C11H23NO3S. The van der Waals surface area contributed by atoms with Crippen LogP contribution in [0, 0.1) is 5.92 Å². The molecule has 4 nitrogen and oxygen atoms in total. The van der Waals surface area contributed by atoms with Gasteiger partial charge in [-0.3, -0.25) is 0 Å². The van der Waals surface area contributed by atoms with Crippen molar-refractivity contribution < 1.29 is 13.5 Å². The molecule has 0 aromatic heterocycles. The fraction of sp³-hybridized carbons (Fsp3) is 1.00. The van der Waals surface area contributed by atoms with Gasteiger partial charge in [-0.05, 0) is 25.2 Å². The summed E-state index contributed by atoms with van der Waals surface area (Å²) in [4.78, 5) is 0. The first-order valence-electron chi connectivity index (χ1n) is 6.22. The average molecular weight is 249 g/mol. The third kappa shape index (κ3) is 5.82. The maximum Gasteiger partial charge on any atom is 0.211 e. The van der Waals surface area contributed by atoms with Gasteiger partial charge in [0, 0.05) is 13.2 Å². The summed E-state index contributed by atoms with van der Waals surface area (Å²) in [5.74, 6) is 0.856. The van der Waals surface area contributed by atoms with Crippen LogP contribution in [0.4, 0.5) is 0 Å². The number of aliphatic hydroxyl groups is 1. The number of aliphatic hydroxyl groups excluding tert-OH is 1. The third-order valence-electron chi connectivity index (χ3n) is 3.16. The number of hydrogen-bond acceptors (Lipinski definition) is 3. The molecule has 0 radical (unpaired) electrons. The van der Waals surface area contributed by atoms with Gasteiger partial charge in [0.2, 0.25) is 10.0 Å². The van der Waals surface area contributed by atoms with Crippen LogP contribution in [0.5, 0.6) is 0 Å². The van der Waals surface area contributed by atoms with E-state index in [2.05, 4.69) is 4.72 Å². The highest BCUT2D eigenvalue weighted by Gasteiger charge is 2.15. The monoisotopic (exact) mass is 249 g/mol. The number of rotatable bonds is 8. The zero-order valence-corrected chi connectivity index (χ0v) is 10.6. The van der Waals surface area contributed by atoms with Gasteiger partial charge in [0.1, 0.15) is 0 Å². The van der Waals surface area contributed by atoms with Gasteiger partial charge in [0.15, 0.2) is 0 Å². The Balaban J connectivity index is 2.05. The van der Waals surface area contributed by atoms with Crippen molar-refractivity contribution in [3.05, 3.63) is 0 Å². The van der Waals surface area contributed by atoms with E-state index in [0.29, 0.717) is 13.0 Å². The standard InChI is InChI=1S/C11H23NO3S/c13-9-4-10-16(14,15)12-8-3-7-11-5-1-2-6-11/h11-13H,1-10H2. The molecule has 0 aromatic carbocycles. The minimum absolute atomic E-state index is 0.0347. The molecule has 0 unspecified atom stereocenters. The summed E-state index contributed by atoms with van der Waals surface area (Å²) in [7, 11) is -3.15. The highest BCUT2D eigenvalue weighted by Crippen LogP contribution is 2.28. The molecule has 1 saturated carbocycles. The second kappa shape index (κ2) is 7.25. The van der Waals surface area contributed by atoms with Crippen LogP contribution in [0.1, 0.15) is 44.9 Å². The van der Waals surface area contributed by atoms with E-state index in [0.717, 1.165) is 18.8 Å². The van der Waals surface area contributed by atoms with Crippen molar-refractivity contribution in [1.29, 1.82) is 0 Å². The Bertz CT molecular complexity index is 271. The van der Waals surface area contributed by atoms with Crippen molar-refractivity contribution in [3.8, 4) is 0 Å². The third-order valence-corrected chi connectivity index (χ3v) is 4.63. The zero-order chi connectivity index (χ0) is 11.9. The highest BCUT2D eigenvalue weighted by molar-refractivity contribution is 7.89. The molecule has 0 aliphatic heterocycles. The van der Waals surface area contributed by atoms with E-state index >= 15 is 0 Å². The largest absolute Gasteiger partial charge is 0.396 e. The van der Waals surface area contributed by atoms with Crippen molar-refractivity contribution in [1.82, 2.24) is 4.72 Å². The summed E-state index contributed by atoms with van der Waals surface area (Å²) in [5.41, 5.74) is 0. The van der Waals surface area contributed by atoms with Crippen LogP contribution < -0.4 is 4.72 Å². The molecule has 1 aliphatic carbocycles. The quantitative estimate of drug-likeness (QED) is 0.636. The van der Waals surface area contributed by atoms with Crippen LogP contribution in [0.25, 0.3) is 0 Å². The van der Waals surface area contributed by atoms with Crippen LogP contribution in [-0.2, 0) is 10.0 Å². The van der Waals surface area contributed by atoms with E-state index in [1.54, 1.807) is 0 Å². The second-order valence-electron chi connectivity index (χ2n) is 4.58. The van der Waals surface area contributed by atoms with E-state index in [1.807, 2.05) is 0 Å². The number of nitrogens with one attached hydrogen (secondary N) is 1.